The Labute approximate surface area is 156 Å². The van der Waals surface area contributed by atoms with E-state index in [9.17, 15) is 9.59 Å². The molecule has 0 aromatic heterocycles. The molecule has 1 atom stereocenters. The molecule has 0 spiro atoms. The summed E-state index contributed by atoms with van der Waals surface area (Å²) in [5, 5.41) is 2.96. The number of likely N-dealkylation sites (tertiary alicyclic amines) is 1. The average molecular weight is 401 g/mol. The molecule has 2 amide bonds. The third-order valence-corrected chi connectivity index (χ3v) is 5.04. The number of anilines is 1. The Kier molecular flexibility index (Phi) is 5.53. The van der Waals surface area contributed by atoms with Crippen LogP contribution < -0.4 is 5.32 Å². The van der Waals surface area contributed by atoms with Crippen molar-refractivity contribution in [3.05, 3.63) is 64.1 Å². The van der Waals surface area contributed by atoms with Gasteiger partial charge in [-0.25, -0.2) is 0 Å². The molecule has 130 valence electrons. The number of aryl methyl sites for hydroxylation is 1. The highest BCUT2D eigenvalue weighted by Gasteiger charge is 2.34. The molecular formula is C20H21BrN2O2. The van der Waals surface area contributed by atoms with E-state index in [1.54, 1.807) is 4.90 Å². The molecule has 2 aromatic rings. The van der Waals surface area contributed by atoms with Gasteiger partial charge in [-0.1, -0.05) is 46.3 Å². The van der Waals surface area contributed by atoms with Gasteiger partial charge in [0.1, 0.15) is 0 Å². The molecular weight excluding hydrogens is 380 g/mol. The standard InChI is InChI=1S/C20H21BrN2O2/c1-14-11-17(21)7-8-18(14)22-20(25)16-12-19(24)23(13-16)10-9-15-5-3-2-4-6-15/h2-8,11,16H,9-10,12-13H2,1H3,(H,22,25). The quantitative estimate of drug-likeness (QED) is 0.829. The molecule has 1 N–H and O–H groups in total. The molecule has 25 heavy (non-hydrogen) atoms. The average Bonchev–Trinajstić information content (AvgIpc) is 2.97. The molecule has 1 fully saturated rings. The van der Waals surface area contributed by atoms with Crippen molar-refractivity contribution in [3.63, 3.8) is 0 Å². The number of nitrogens with zero attached hydrogens (tertiary/aromatic N) is 1. The predicted octanol–water partition coefficient (Wildman–Crippen LogP) is 3.79. The van der Waals surface area contributed by atoms with Gasteiger partial charge in [-0.3, -0.25) is 9.59 Å². The summed E-state index contributed by atoms with van der Waals surface area (Å²) in [4.78, 5) is 26.5. The highest BCUT2D eigenvalue weighted by Crippen LogP contribution is 2.23. The molecule has 0 radical (unpaired) electrons. The van der Waals surface area contributed by atoms with Crippen molar-refractivity contribution in [1.82, 2.24) is 4.90 Å². The van der Waals surface area contributed by atoms with Crippen LogP contribution in [0.3, 0.4) is 0 Å². The number of halogens is 1. The number of benzene rings is 2. The van der Waals surface area contributed by atoms with E-state index in [1.165, 1.54) is 5.56 Å². The van der Waals surface area contributed by atoms with E-state index in [0.717, 1.165) is 22.1 Å². The van der Waals surface area contributed by atoms with Crippen molar-refractivity contribution < 1.29 is 9.59 Å². The first kappa shape index (κ1) is 17.7. The van der Waals surface area contributed by atoms with E-state index < -0.39 is 0 Å². The number of amides is 2. The van der Waals surface area contributed by atoms with Crippen LogP contribution in [0.5, 0.6) is 0 Å². The van der Waals surface area contributed by atoms with E-state index in [4.69, 9.17) is 0 Å². The maximum absolute atomic E-state index is 12.5. The molecule has 4 nitrogen and oxygen atoms in total. The van der Waals surface area contributed by atoms with Gasteiger partial charge in [0, 0.05) is 29.7 Å². The van der Waals surface area contributed by atoms with Crippen LogP contribution >= 0.6 is 15.9 Å². The summed E-state index contributed by atoms with van der Waals surface area (Å²) in [7, 11) is 0. The first-order valence-electron chi connectivity index (χ1n) is 8.41. The number of rotatable bonds is 5. The molecule has 1 saturated heterocycles. The van der Waals surface area contributed by atoms with E-state index in [0.29, 0.717) is 13.1 Å². The molecule has 1 aliphatic heterocycles. The fourth-order valence-electron chi connectivity index (χ4n) is 3.07. The van der Waals surface area contributed by atoms with Crippen LogP contribution in [-0.2, 0) is 16.0 Å². The monoisotopic (exact) mass is 400 g/mol. The lowest BCUT2D eigenvalue weighted by molar-refractivity contribution is -0.128. The fourth-order valence-corrected chi connectivity index (χ4v) is 3.55. The zero-order valence-corrected chi connectivity index (χ0v) is 15.8. The molecule has 0 saturated carbocycles. The second-order valence-electron chi connectivity index (χ2n) is 6.42. The van der Waals surface area contributed by atoms with E-state index in [-0.39, 0.29) is 24.2 Å². The summed E-state index contributed by atoms with van der Waals surface area (Å²) in [6.07, 6.45) is 1.10. The van der Waals surface area contributed by atoms with E-state index in [2.05, 4.69) is 33.4 Å². The Balaban J connectivity index is 1.57. The highest BCUT2D eigenvalue weighted by molar-refractivity contribution is 9.10. The summed E-state index contributed by atoms with van der Waals surface area (Å²) >= 11 is 3.42. The van der Waals surface area contributed by atoms with Gasteiger partial charge in [0.05, 0.1) is 5.92 Å². The number of hydrogen-bond donors (Lipinski definition) is 1. The Morgan fingerprint density at radius 3 is 2.72 bits per heavy atom. The smallest absolute Gasteiger partial charge is 0.229 e. The topological polar surface area (TPSA) is 49.4 Å². The van der Waals surface area contributed by atoms with Crippen molar-refractivity contribution in [2.75, 3.05) is 18.4 Å². The number of hydrogen-bond acceptors (Lipinski definition) is 2. The summed E-state index contributed by atoms with van der Waals surface area (Å²) in [6.45, 7) is 3.10. The SMILES string of the molecule is Cc1cc(Br)ccc1NC(=O)C1CC(=O)N(CCc2ccccc2)C1. The predicted molar refractivity (Wildman–Crippen MR) is 102 cm³/mol. The molecule has 1 unspecified atom stereocenters. The van der Waals surface area contributed by atoms with Gasteiger partial charge >= 0.3 is 0 Å². The molecule has 0 bridgehead atoms. The van der Waals surface area contributed by atoms with E-state index in [1.807, 2.05) is 43.3 Å². The molecule has 3 rings (SSSR count). The van der Waals surface area contributed by atoms with Crippen LogP contribution in [0.2, 0.25) is 0 Å². The maximum Gasteiger partial charge on any atom is 0.229 e. The first-order chi connectivity index (χ1) is 12.0. The zero-order valence-electron chi connectivity index (χ0n) is 14.2. The number of carbonyl (C=O) groups excluding carboxylic acids is 2. The van der Waals surface area contributed by atoms with Crippen LogP contribution in [0.4, 0.5) is 5.69 Å². The molecule has 1 aliphatic rings. The Morgan fingerprint density at radius 1 is 1.24 bits per heavy atom. The van der Waals surface area contributed by atoms with Gasteiger partial charge in [0.25, 0.3) is 0 Å². The first-order valence-corrected chi connectivity index (χ1v) is 9.21. The third kappa shape index (κ3) is 4.48. The highest BCUT2D eigenvalue weighted by atomic mass is 79.9. The van der Waals surface area contributed by atoms with Crippen LogP contribution in [0.1, 0.15) is 17.5 Å². The minimum Gasteiger partial charge on any atom is -0.342 e. The summed E-state index contributed by atoms with van der Waals surface area (Å²) in [5.41, 5.74) is 2.99. The lowest BCUT2D eigenvalue weighted by Crippen LogP contribution is -2.30. The fraction of sp³-hybridized carbons (Fsp3) is 0.300. The molecule has 0 aliphatic carbocycles. The zero-order chi connectivity index (χ0) is 17.8. The van der Waals surface area contributed by atoms with Crippen LogP contribution in [0, 0.1) is 12.8 Å². The van der Waals surface area contributed by atoms with Crippen molar-refractivity contribution in [2.45, 2.75) is 19.8 Å². The minimum atomic E-state index is -0.286. The van der Waals surface area contributed by atoms with Gasteiger partial charge in [0.15, 0.2) is 0 Å². The van der Waals surface area contributed by atoms with Gasteiger partial charge in [-0.05, 0) is 42.7 Å². The number of nitrogens with one attached hydrogen (secondary N) is 1. The van der Waals surface area contributed by atoms with Crippen LogP contribution in [0.15, 0.2) is 53.0 Å². The minimum absolute atomic E-state index is 0.0589. The lowest BCUT2D eigenvalue weighted by Gasteiger charge is -2.17. The summed E-state index contributed by atoms with van der Waals surface area (Å²) in [6, 6.07) is 15.8. The molecule has 1 heterocycles. The Bertz CT molecular complexity index is 777. The summed E-state index contributed by atoms with van der Waals surface area (Å²) < 4.78 is 0.978. The Hall–Kier alpha value is -2.14. The largest absolute Gasteiger partial charge is 0.342 e. The van der Waals surface area contributed by atoms with Crippen molar-refractivity contribution in [1.29, 1.82) is 0 Å². The second-order valence-corrected chi connectivity index (χ2v) is 7.34. The van der Waals surface area contributed by atoms with Crippen LogP contribution in [0.25, 0.3) is 0 Å². The van der Waals surface area contributed by atoms with Crippen LogP contribution in [-0.4, -0.2) is 29.8 Å². The second kappa shape index (κ2) is 7.83. The van der Waals surface area contributed by atoms with Gasteiger partial charge < -0.3 is 10.2 Å². The maximum atomic E-state index is 12.5. The third-order valence-electron chi connectivity index (χ3n) is 4.54. The molecule has 5 heteroatoms. The van der Waals surface area contributed by atoms with E-state index >= 15 is 0 Å². The number of carbonyl (C=O) groups is 2. The van der Waals surface area contributed by atoms with Gasteiger partial charge in [0.2, 0.25) is 11.8 Å². The van der Waals surface area contributed by atoms with Gasteiger partial charge in [-0.15, -0.1) is 0 Å². The van der Waals surface area contributed by atoms with Gasteiger partial charge in [-0.2, -0.15) is 0 Å². The summed E-state index contributed by atoms with van der Waals surface area (Å²) in [5.74, 6) is -0.309. The van der Waals surface area contributed by atoms with Crippen molar-refractivity contribution >= 4 is 33.4 Å². The normalized spacial score (nSPS) is 17.0. The van der Waals surface area contributed by atoms with Crippen molar-refractivity contribution in [2.24, 2.45) is 5.92 Å². The Morgan fingerprint density at radius 2 is 2.00 bits per heavy atom. The molecule has 2 aromatic carbocycles. The lowest BCUT2D eigenvalue weighted by atomic mass is 10.1. The van der Waals surface area contributed by atoms with Crippen molar-refractivity contribution in [3.8, 4) is 0 Å².